The van der Waals surface area contributed by atoms with Crippen molar-refractivity contribution >= 4 is 80.5 Å². The minimum Gasteiger partial charge on any atom is -0.497 e. The fourth-order valence-corrected chi connectivity index (χ4v) is 9.20. The third-order valence-corrected chi connectivity index (χ3v) is 12.6. The van der Waals surface area contributed by atoms with E-state index in [1.54, 1.807) is 28.4 Å². The van der Waals surface area contributed by atoms with Crippen molar-refractivity contribution in [3.8, 4) is 45.3 Å². The van der Waals surface area contributed by atoms with Crippen molar-refractivity contribution in [2.75, 3.05) is 38.2 Å². The predicted octanol–water partition coefficient (Wildman–Crippen LogP) is 15.0. The van der Waals surface area contributed by atoms with Crippen LogP contribution in [0.1, 0.15) is 22.8 Å². The molecule has 2 aliphatic heterocycles. The Morgan fingerprint density at radius 3 is 0.900 bits per heavy atom. The Labute approximate surface area is 406 Å². The molecule has 6 aromatic carbocycles. The normalized spacial score (nSPS) is 11.6. The third-order valence-electron chi connectivity index (χ3n) is 12.6. The molecular formula is C60H48N6O4. The van der Waals surface area contributed by atoms with Crippen LogP contribution in [0.25, 0.3) is 68.6 Å². The SMILES string of the molecule is COc1ccc(N(c2ccc(OC)cc2)c2c3nc(c(-c4ccccc4)c4ccc([nH]4)c(N(c4ccc(OC)cc4)c4ccc(OC)cc4)c4nc(c(-c5ccccc5)c5ccc2[nH]5)C=C4)C=C3)cc1. The Morgan fingerprint density at radius 2 is 0.600 bits per heavy atom. The van der Waals surface area contributed by atoms with Crippen LogP contribution in [0.4, 0.5) is 34.1 Å². The average Bonchev–Trinajstić information content (AvgIpc) is 4.28. The zero-order valence-corrected chi connectivity index (χ0v) is 39.1. The molecule has 10 nitrogen and oxygen atoms in total. The third kappa shape index (κ3) is 8.17. The highest BCUT2D eigenvalue weighted by Gasteiger charge is 2.25. The largest absolute Gasteiger partial charge is 0.497 e. The van der Waals surface area contributed by atoms with Gasteiger partial charge in [-0.2, -0.15) is 0 Å². The number of nitrogens with one attached hydrogen (secondary N) is 2. The molecule has 0 saturated heterocycles. The number of aromatic nitrogens is 4. The number of H-pyrrole nitrogens is 2. The van der Waals surface area contributed by atoms with Crippen molar-refractivity contribution < 1.29 is 18.9 Å². The first kappa shape index (κ1) is 43.3. The summed E-state index contributed by atoms with van der Waals surface area (Å²) < 4.78 is 22.5. The summed E-state index contributed by atoms with van der Waals surface area (Å²) >= 11 is 0. The Morgan fingerprint density at radius 1 is 0.314 bits per heavy atom. The second kappa shape index (κ2) is 18.8. The molecule has 3 aromatic heterocycles. The van der Waals surface area contributed by atoms with Gasteiger partial charge in [0, 0.05) is 44.9 Å². The van der Waals surface area contributed by atoms with Gasteiger partial charge in [0.1, 0.15) is 23.0 Å². The zero-order valence-electron chi connectivity index (χ0n) is 39.1. The standard InChI is InChI=1S/C60H48N6O4/c1-67-45-23-15-41(16-24-45)65(42-17-25-46(68-2)26-18-42)59-53-35-31-49(61-53)57(39-11-7-5-8-12-39)51-33-37-55(63-51)60(66(43-19-27-47(69-3)28-20-43)44-21-29-48(70-4)30-22-44)56-38-34-52(64-56)58(40-13-9-6-10-14-40)50-32-36-54(59)62-50/h5-38,61,64H,1-4H3. The summed E-state index contributed by atoms with van der Waals surface area (Å²) in [6.45, 7) is 0. The summed E-state index contributed by atoms with van der Waals surface area (Å²) in [5.41, 5.74) is 15.8. The van der Waals surface area contributed by atoms with Crippen molar-refractivity contribution in [2.24, 2.45) is 0 Å². The fraction of sp³-hybridized carbons (Fsp3) is 0.0667. The van der Waals surface area contributed by atoms with Gasteiger partial charge in [0.15, 0.2) is 0 Å². The Kier molecular flexibility index (Phi) is 11.6. The van der Waals surface area contributed by atoms with Crippen molar-refractivity contribution in [3.63, 3.8) is 0 Å². The highest BCUT2D eigenvalue weighted by atomic mass is 16.5. The van der Waals surface area contributed by atoms with Gasteiger partial charge in [-0.05, 0) is 157 Å². The van der Waals surface area contributed by atoms with Crippen LogP contribution < -0.4 is 28.7 Å². The molecule has 0 aliphatic carbocycles. The van der Waals surface area contributed by atoms with Crippen molar-refractivity contribution in [1.82, 2.24) is 19.9 Å². The van der Waals surface area contributed by atoms with Crippen LogP contribution in [0.3, 0.4) is 0 Å². The first-order chi connectivity index (χ1) is 34.5. The van der Waals surface area contributed by atoms with Gasteiger partial charge >= 0.3 is 0 Å². The highest BCUT2D eigenvalue weighted by molar-refractivity contribution is 6.01. The number of methoxy groups -OCH3 is 4. The van der Waals surface area contributed by atoms with Crippen molar-refractivity contribution in [1.29, 1.82) is 0 Å². The smallest absolute Gasteiger partial charge is 0.119 e. The average molecular weight is 917 g/mol. The Balaban J connectivity index is 1.29. The van der Waals surface area contributed by atoms with Gasteiger partial charge in [0.2, 0.25) is 0 Å². The van der Waals surface area contributed by atoms with E-state index in [0.717, 1.165) is 124 Å². The molecule has 0 radical (unpaired) electrons. The molecule has 0 fully saturated rings. The quantitative estimate of drug-likeness (QED) is 0.125. The molecule has 0 amide bonds. The second-order valence-corrected chi connectivity index (χ2v) is 16.6. The molecule has 0 atom stereocenters. The zero-order chi connectivity index (χ0) is 47.6. The molecular weight excluding hydrogens is 869 g/mol. The van der Waals surface area contributed by atoms with Crippen LogP contribution in [-0.4, -0.2) is 48.4 Å². The number of hydrogen-bond donors (Lipinski definition) is 2. The predicted molar refractivity (Wildman–Crippen MR) is 285 cm³/mol. The monoisotopic (exact) mass is 916 g/mol. The van der Waals surface area contributed by atoms with E-state index in [4.69, 9.17) is 28.9 Å². The maximum absolute atomic E-state index is 5.63. The molecule has 10 heteroatoms. The number of nitrogens with zero attached hydrogens (tertiary/aromatic N) is 4. The van der Waals surface area contributed by atoms with Gasteiger partial charge in [0.05, 0.1) is 73.6 Å². The molecule has 70 heavy (non-hydrogen) atoms. The maximum Gasteiger partial charge on any atom is 0.119 e. The summed E-state index contributed by atoms with van der Waals surface area (Å²) in [6, 6.07) is 61.7. The van der Waals surface area contributed by atoms with E-state index in [1.807, 2.05) is 60.7 Å². The number of fused-ring (bicyclic) bond motifs is 8. The number of aromatic amines is 2. The van der Waals surface area contributed by atoms with E-state index in [0.29, 0.717) is 0 Å². The Bertz CT molecular complexity index is 3230. The summed E-state index contributed by atoms with van der Waals surface area (Å²) in [6.07, 6.45) is 8.43. The molecule has 0 saturated carbocycles. The van der Waals surface area contributed by atoms with E-state index < -0.39 is 0 Å². The van der Waals surface area contributed by atoms with Crippen molar-refractivity contribution in [3.05, 3.63) is 205 Å². The first-order valence-corrected chi connectivity index (χ1v) is 22.9. The lowest BCUT2D eigenvalue weighted by Gasteiger charge is -2.26. The minimum atomic E-state index is 0.755. The summed E-state index contributed by atoms with van der Waals surface area (Å²) in [4.78, 5) is 23.5. The van der Waals surface area contributed by atoms with Crippen LogP contribution in [0.15, 0.2) is 182 Å². The number of anilines is 6. The first-order valence-electron chi connectivity index (χ1n) is 22.9. The van der Waals surface area contributed by atoms with Gasteiger partial charge in [-0.3, -0.25) is 0 Å². The molecule has 2 N–H and O–H groups in total. The van der Waals surface area contributed by atoms with Crippen molar-refractivity contribution in [2.45, 2.75) is 0 Å². The number of benzene rings is 6. The van der Waals surface area contributed by atoms with Crippen LogP contribution in [-0.2, 0) is 0 Å². The summed E-state index contributed by atoms with van der Waals surface area (Å²) in [5, 5.41) is 0. The molecule has 5 heterocycles. The van der Waals surface area contributed by atoms with Gasteiger partial charge in [-0.15, -0.1) is 0 Å². The molecule has 8 bridgehead atoms. The molecule has 0 spiro atoms. The number of hydrogen-bond acceptors (Lipinski definition) is 8. The van der Waals surface area contributed by atoms with Gasteiger partial charge < -0.3 is 38.7 Å². The molecule has 0 unspecified atom stereocenters. The van der Waals surface area contributed by atoms with Gasteiger partial charge in [-0.25, -0.2) is 9.97 Å². The lowest BCUT2D eigenvalue weighted by molar-refractivity contribution is 0.414. The Hall–Kier alpha value is -9.28. The minimum absolute atomic E-state index is 0.755. The van der Waals surface area contributed by atoms with Crippen LogP contribution in [0.2, 0.25) is 0 Å². The van der Waals surface area contributed by atoms with E-state index in [1.165, 1.54) is 0 Å². The lowest BCUT2D eigenvalue weighted by Crippen LogP contribution is -2.12. The van der Waals surface area contributed by atoms with Gasteiger partial charge in [0.25, 0.3) is 0 Å². The number of rotatable bonds is 12. The van der Waals surface area contributed by atoms with E-state index >= 15 is 0 Å². The highest BCUT2D eigenvalue weighted by Crippen LogP contribution is 2.45. The van der Waals surface area contributed by atoms with Gasteiger partial charge in [-0.1, -0.05) is 60.7 Å². The molecule has 11 rings (SSSR count). The second-order valence-electron chi connectivity index (χ2n) is 16.6. The molecule has 342 valence electrons. The molecule has 9 aromatic rings. The van der Waals surface area contributed by atoms with Crippen LogP contribution in [0.5, 0.6) is 23.0 Å². The van der Waals surface area contributed by atoms with Crippen LogP contribution >= 0.6 is 0 Å². The van der Waals surface area contributed by atoms with E-state index in [9.17, 15) is 0 Å². The molecule has 2 aliphatic rings. The topological polar surface area (TPSA) is 101 Å². The van der Waals surface area contributed by atoms with E-state index in [-0.39, 0.29) is 0 Å². The fourth-order valence-electron chi connectivity index (χ4n) is 9.20. The lowest BCUT2D eigenvalue weighted by atomic mass is 10.0. The summed E-state index contributed by atoms with van der Waals surface area (Å²) in [5.74, 6) is 3.02. The van der Waals surface area contributed by atoms with Crippen LogP contribution in [0, 0.1) is 0 Å². The maximum atomic E-state index is 5.63. The summed E-state index contributed by atoms with van der Waals surface area (Å²) in [7, 11) is 6.72. The van der Waals surface area contributed by atoms with E-state index in [2.05, 4.69) is 165 Å². The number of ether oxygens (including phenoxy) is 4.